The van der Waals surface area contributed by atoms with Gasteiger partial charge < -0.3 is 40.6 Å². The first-order chi connectivity index (χ1) is 9.96. The van der Waals surface area contributed by atoms with Gasteiger partial charge in [0.05, 0.1) is 26.4 Å². The van der Waals surface area contributed by atoms with Gasteiger partial charge in [0, 0.05) is 23.7 Å². The van der Waals surface area contributed by atoms with Gasteiger partial charge in [0.15, 0.2) is 0 Å². The van der Waals surface area contributed by atoms with Crippen LogP contribution in [0.3, 0.4) is 0 Å². The molecule has 8 nitrogen and oxygen atoms in total. The molecule has 0 saturated carbocycles. The Balaban J connectivity index is 5.00. The van der Waals surface area contributed by atoms with Crippen molar-refractivity contribution in [3.8, 4) is 0 Å². The molecule has 134 valence electrons. The summed E-state index contributed by atoms with van der Waals surface area (Å²) in [6, 6.07) is -0.544. The zero-order chi connectivity index (χ0) is 17.4. The Labute approximate surface area is 135 Å². The summed E-state index contributed by atoms with van der Waals surface area (Å²) >= 11 is 0. The molecule has 22 heavy (non-hydrogen) atoms. The predicted molar refractivity (Wildman–Crippen MR) is 88.8 cm³/mol. The second-order valence-electron chi connectivity index (χ2n) is 6.64. The molecule has 0 amide bonds. The van der Waals surface area contributed by atoms with Crippen molar-refractivity contribution in [2.24, 2.45) is 22.9 Å². The fourth-order valence-corrected chi connectivity index (χ4v) is 3.67. The van der Waals surface area contributed by atoms with E-state index >= 15 is 0 Å². The lowest BCUT2D eigenvalue weighted by Crippen LogP contribution is -2.56. The molecule has 0 fully saturated rings. The first-order valence-electron chi connectivity index (χ1n) is 7.57. The number of nitrogens with two attached hydrogens (primary N) is 4. The lowest BCUT2D eigenvalue weighted by molar-refractivity contribution is -0.0466. The smallest absolute Gasteiger partial charge is 0.350 e. The molecule has 0 heterocycles. The predicted octanol–water partition coefficient (Wildman–Crippen LogP) is -0.733. The van der Waals surface area contributed by atoms with E-state index in [1.807, 2.05) is 34.6 Å². The molecule has 0 radical (unpaired) electrons. The van der Waals surface area contributed by atoms with Crippen molar-refractivity contribution in [3.63, 3.8) is 0 Å². The number of hydrogen-bond acceptors (Lipinski definition) is 8. The first-order valence-corrected chi connectivity index (χ1v) is 9.20. The van der Waals surface area contributed by atoms with Crippen LogP contribution in [-0.4, -0.2) is 59.1 Å². The number of rotatable bonds is 12. The summed E-state index contributed by atoms with van der Waals surface area (Å²) in [5.74, 6) is 0. The fourth-order valence-electron chi connectivity index (χ4n) is 1.22. The van der Waals surface area contributed by atoms with Crippen molar-refractivity contribution in [3.05, 3.63) is 0 Å². The van der Waals surface area contributed by atoms with Crippen molar-refractivity contribution < 1.29 is 17.7 Å². The fraction of sp³-hybridized carbons (Fsp3) is 1.00. The summed E-state index contributed by atoms with van der Waals surface area (Å²) < 4.78 is 23.1. The van der Waals surface area contributed by atoms with Crippen LogP contribution in [0, 0.1) is 0 Å². The molecule has 0 aliphatic heterocycles. The molecule has 0 aromatic carbocycles. The molecular formula is C13H34N4O4Si. The minimum atomic E-state index is -3.41. The molecule has 9 heteroatoms. The molecule has 3 unspecified atom stereocenters. The summed E-state index contributed by atoms with van der Waals surface area (Å²) in [5.41, 5.74) is 22.7. The average molecular weight is 339 g/mol. The normalized spacial score (nSPS) is 19.5. The van der Waals surface area contributed by atoms with Crippen LogP contribution in [0.2, 0.25) is 0 Å². The van der Waals surface area contributed by atoms with E-state index in [9.17, 15) is 0 Å². The van der Waals surface area contributed by atoms with Crippen LogP contribution in [0.4, 0.5) is 0 Å². The second kappa shape index (κ2) is 9.91. The molecule has 0 rings (SSSR count). The Bertz CT molecular complexity index is 267. The van der Waals surface area contributed by atoms with Crippen molar-refractivity contribution in [1.82, 2.24) is 0 Å². The molecule has 0 aromatic rings. The Hall–Kier alpha value is -0.103. The molecule has 8 N–H and O–H groups in total. The molecule has 0 aromatic heterocycles. The monoisotopic (exact) mass is 338 g/mol. The van der Waals surface area contributed by atoms with E-state index in [1.165, 1.54) is 0 Å². The molecule has 0 bridgehead atoms. The van der Waals surface area contributed by atoms with Gasteiger partial charge in [-0.3, -0.25) is 0 Å². The maximum Gasteiger partial charge on any atom is 0.679 e. The second-order valence-corrected chi connectivity index (χ2v) is 8.80. The highest BCUT2D eigenvalue weighted by Gasteiger charge is 2.47. The summed E-state index contributed by atoms with van der Waals surface area (Å²) in [6.07, 6.45) is 0. The highest BCUT2D eigenvalue weighted by molar-refractivity contribution is 6.53. The zero-order valence-corrected chi connectivity index (χ0v) is 15.5. The van der Waals surface area contributed by atoms with Crippen molar-refractivity contribution in [2.75, 3.05) is 26.4 Å². The van der Waals surface area contributed by atoms with E-state index in [-0.39, 0.29) is 44.6 Å². The van der Waals surface area contributed by atoms with Crippen LogP contribution >= 0.6 is 0 Å². The maximum absolute atomic E-state index is 5.97. The lowest BCUT2D eigenvalue weighted by Gasteiger charge is -2.32. The van der Waals surface area contributed by atoms with E-state index in [1.54, 1.807) is 0 Å². The lowest BCUT2D eigenvalue weighted by atomic mass is 10.1. The van der Waals surface area contributed by atoms with Gasteiger partial charge in [-0.15, -0.1) is 0 Å². The van der Waals surface area contributed by atoms with Gasteiger partial charge >= 0.3 is 9.05 Å². The highest BCUT2D eigenvalue weighted by Crippen LogP contribution is 2.15. The van der Waals surface area contributed by atoms with E-state index in [4.69, 9.17) is 40.6 Å². The zero-order valence-electron chi connectivity index (χ0n) is 14.5. The Morgan fingerprint density at radius 2 is 1.09 bits per heavy atom. The van der Waals surface area contributed by atoms with Crippen LogP contribution in [0.25, 0.3) is 0 Å². The molecule has 0 aliphatic carbocycles. The van der Waals surface area contributed by atoms with Gasteiger partial charge in [0.1, 0.15) is 0 Å². The van der Waals surface area contributed by atoms with Gasteiger partial charge in [-0.25, -0.2) is 0 Å². The molecule has 0 aliphatic rings. The van der Waals surface area contributed by atoms with E-state index < -0.39 is 14.6 Å². The summed E-state index contributed by atoms with van der Waals surface area (Å²) in [6.45, 7) is 10.1. The van der Waals surface area contributed by atoms with E-state index in [0.717, 1.165) is 0 Å². The van der Waals surface area contributed by atoms with Crippen LogP contribution in [-0.2, 0) is 17.7 Å². The summed E-state index contributed by atoms with van der Waals surface area (Å²) in [5, 5.41) is 0. The van der Waals surface area contributed by atoms with Crippen molar-refractivity contribution >= 4 is 9.05 Å². The van der Waals surface area contributed by atoms with Gasteiger partial charge in [-0.2, -0.15) is 0 Å². The Morgan fingerprint density at radius 1 is 0.773 bits per heavy atom. The minimum absolute atomic E-state index is 0.181. The van der Waals surface area contributed by atoms with Crippen LogP contribution in [0.5, 0.6) is 0 Å². The molecule has 0 spiro atoms. The highest BCUT2D eigenvalue weighted by atomic mass is 28.4. The largest absolute Gasteiger partial charge is 0.679 e. The summed E-state index contributed by atoms with van der Waals surface area (Å²) in [7, 11) is -3.41. The van der Waals surface area contributed by atoms with E-state index in [0.29, 0.717) is 0 Å². The van der Waals surface area contributed by atoms with Gasteiger partial charge in [0.2, 0.25) is 0 Å². The maximum atomic E-state index is 5.97. The standard InChI is InChI=1S/C13H34N4O4Si/c1-10(14)6-18-22(19-7-11(2)15,20-8-12(3)16)21-9-13(4,5)17/h10-12H,6-9,14-17H2,1-5H3. The molecule has 0 saturated heterocycles. The minimum Gasteiger partial charge on any atom is -0.350 e. The van der Waals surface area contributed by atoms with Crippen molar-refractivity contribution in [1.29, 1.82) is 0 Å². The summed E-state index contributed by atoms with van der Waals surface area (Å²) in [4.78, 5) is 0. The van der Waals surface area contributed by atoms with Crippen LogP contribution in [0.15, 0.2) is 0 Å². The van der Waals surface area contributed by atoms with Gasteiger partial charge in [0.25, 0.3) is 0 Å². The molecule has 3 atom stereocenters. The van der Waals surface area contributed by atoms with Crippen LogP contribution < -0.4 is 22.9 Å². The Kier molecular flexibility index (Phi) is 9.86. The quantitative estimate of drug-likeness (QED) is 0.341. The van der Waals surface area contributed by atoms with E-state index in [2.05, 4.69) is 0 Å². The van der Waals surface area contributed by atoms with Crippen molar-refractivity contribution in [2.45, 2.75) is 58.3 Å². The third kappa shape index (κ3) is 11.5. The van der Waals surface area contributed by atoms with Crippen LogP contribution in [0.1, 0.15) is 34.6 Å². The Morgan fingerprint density at radius 3 is 1.32 bits per heavy atom. The SMILES string of the molecule is CC(N)CO[Si](OCC(C)N)(OCC(C)N)OCC(C)(C)N. The third-order valence-corrected chi connectivity index (χ3v) is 4.25. The average Bonchev–Trinajstić information content (AvgIpc) is 2.35. The first kappa shape index (κ1) is 21.9. The van der Waals surface area contributed by atoms with Gasteiger partial charge in [-0.1, -0.05) is 0 Å². The topological polar surface area (TPSA) is 141 Å². The molecular weight excluding hydrogens is 304 g/mol. The number of hydrogen-bond donors (Lipinski definition) is 4. The van der Waals surface area contributed by atoms with Gasteiger partial charge in [-0.05, 0) is 34.6 Å². The third-order valence-electron chi connectivity index (χ3n) is 2.19.